The third kappa shape index (κ3) is 4.62. The minimum atomic E-state index is 0.0364. The standard InChI is InChI=1S/C11H20N2OS/c1-3-5-9(6-4-2)12-7-10-8-15-11(14)13-10/h8-9,12H,3-7H2,1-2H3,(H,13,14). The fourth-order valence-electron chi connectivity index (χ4n) is 1.70. The normalized spacial score (nSPS) is 11.1. The van der Waals surface area contributed by atoms with Crippen molar-refractivity contribution in [3.8, 4) is 0 Å². The van der Waals surface area contributed by atoms with Gasteiger partial charge in [0, 0.05) is 23.7 Å². The average Bonchev–Trinajstić information content (AvgIpc) is 2.61. The Bertz CT molecular complexity index is 312. The molecule has 0 aliphatic carbocycles. The molecular formula is C11H20N2OS. The van der Waals surface area contributed by atoms with Crippen molar-refractivity contribution in [2.24, 2.45) is 0 Å². The van der Waals surface area contributed by atoms with E-state index in [0.717, 1.165) is 12.2 Å². The summed E-state index contributed by atoms with van der Waals surface area (Å²) in [5.41, 5.74) is 1.00. The molecule has 0 bridgehead atoms. The molecule has 1 aromatic heterocycles. The van der Waals surface area contributed by atoms with Gasteiger partial charge < -0.3 is 10.3 Å². The quantitative estimate of drug-likeness (QED) is 0.753. The second-order valence-electron chi connectivity index (χ2n) is 3.83. The molecule has 0 aromatic carbocycles. The zero-order valence-corrected chi connectivity index (χ0v) is 10.3. The summed E-state index contributed by atoms with van der Waals surface area (Å²) in [4.78, 5) is 13.8. The van der Waals surface area contributed by atoms with Crippen LogP contribution in [0.1, 0.15) is 45.2 Å². The number of H-pyrrole nitrogens is 1. The fourth-order valence-corrected chi connectivity index (χ4v) is 2.28. The molecule has 0 atom stereocenters. The molecule has 0 radical (unpaired) electrons. The van der Waals surface area contributed by atoms with Crippen LogP contribution in [0.15, 0.2) is 10.2 Å². The van der Waals surface area contributed by atoms with Crippen LogP contribution in [0.5, 0.6) is 0 Å². The number of hydrogen-bond acceptors (Lipinski definition) is 3. The predicted octanol–water partition coefficient (Wildman–Crippen LogP) is 2.49. The molecule has 0 spiro atoms. The van der Waals surface area contributed by atoms with Crippen molar-refractivity contribution in [1.82, 2.24) is 10.3 Å². The first kappa shape index (κ1) is 12.5. The van der Waals surface area contributed by atoms with E-state index in [1.807, 2.05) is 5.38 Å². The highest BCUT2D eigenvalue weighted by Crippen LogP contribution is 2.05. The molecule has 0 unspecified atom stereocenters. The summed E-state index contributed by atoms with van der Waals surface area (Å²) in [6, 6.07) is 0.586. The van der Waals surface area contributed by atoms with Crippen molar-refractivity contribution in [3.63, 3.8) is 0 Å². The van der Waals surface area contributed by atoms with E-state index in [-0.39, 0.29) is 4.87 Å². The first-order valence-corrected chi connectivity index (χ1v) is 6.54. The Labute approximate surface area is 94.9 Å². The van der Waals surface area contributed by atoms with E-state index in [4.69, 9.17) is 0 Å². The molecule has 0 aliphatic rings. The SMILES string of the molecule is CCCC(CCC)NCc1csc(=O)[nH]1. The molecule has 0 fully saturated rings. The number of rotatable bonds is 7. The Hall–Kier alpha value is -0.610. The van der Waals surface area contributed by atoms with Gasteiger partial charge in [0.2, 0.25) is 0 Å². The Morgan fingerprint density at radius 3 is 2.53 bits per heavy atom. The van der Waals surface area contributed by atoms with Crippen LogP contribution in [0.4, 0.5) is 0 Å². The fraction of sp³-hybridized carbons (Fsp3) is 0.727. The van der Waals surface area contributed by atoms with Crippen LogP contribution >= 0.6 is 11.3 Å². The van der Waals surface area contributed by atoms with Crippen molar-refractivity contribution >= 4 is 11.3 Å². The molecule has 1 rings (SSSR count). The predicted molar refractivity (Wildman–Crippen MR) is 65.4 cm³/mol. The van der Waals surface area contributed by atoms with Gasteiger partial charge in [-0.1, -0.05) is 38.0 Å². The summed E-state index contributed by atoms with van der Waals surface area (Å²) < 4.78 is 0. The lowest BCUT2D eigenvalue weighted by Crippen LogP contribution is -2.28. The van der Waals surface area contributed by atoms with Crippen LogP contribution in [-0.2, 0) is 6.54 Å². The van der Waals surface area contributed by atoms with Gasteiger partial charge >= 0.3 is 4.87 Å². The van der Waals surface area contributed by atoms with Gasteiger partial charge in [-0.25, -0.2) is 0 Å². The van der Waals surface area contributed by atoms with Gasteiger partial charge in [-0.2, -0.15) is 0 Å². The summed E-state index contributed by atoms with van der Waals surface area (Å²) in [7, 11) is 0. The van der Waals surface area contributed by atoms with E-state index in [1.54, 1.807) is 0 Å². The topological polar surface area (TPSA) is 44.9 Å². The highest BCUT2D eigenvalue weighted by Gasteiger charge is 2.06. The van der Waals surface area contributed by atoms with Gasteiger partial charge in [-0.3, -0.25) is 4.79 Å². The average molecular weight is 228 g/mol. The molecule has 1 aromatic rings. The second kappa shape index (κ2) is 6.80. The monoisotopic (exact) mass is 228 g/mol. The van der Waals surface area contributed by atoms with Crippen molar-refractivity contribution in [1.29, 1.82) is 0 Å². The lowest BCUT2D eigenvalue weighted by Gasteiger charge is -2.16. The zero-order chi connectivity index (χ0) is 11.1. The number of hydrogen-bond donors (Lipinski definition) is 2. The van der Waals surface area contributed by atoms with E-state index in [0.29, 0.717) is 6.04 Å². The van der Waals surface area contributed by atoms with Crippen LogP contribution in [0.3, 0.4) is 0 Å². The number of nitrogens with one attached hydrogen (secondary N) is 2. The summed E-state index contributed by atoms with van der Waals surface area (Å²) in [5, 5.41) is 5.38. The summed E-state index contributed by atoms with van der Waals surface area (Å²) in [5.74, 6) is 0. The van der Waals surface area contributed by atoms with Crippen LogP contribution in [0, 0.1) is 0 Å². The molecule has 1 heterocycles. The van der Waals surface area contributed by atoms with E-state index in [2.05, 4.69) is 24.1 Å². The third-order valence-electron chi connectivity index (χ3n) is 2.43. The van der Waals surface area contributed by atoms with Crippen molar-refractivity contribution in [3.05, 3.63) is 20.7 Å². The molecule has 4 heteroatoms. The van der Waals surface area contributed by atoms with Crippen LogP contribution in [-0.4, -0.2) is 11.0 Å². The van der Waals surface area contributed by atoms with E-state index >= 15 is 0 Å². The molecule has 2 N–H and O–H groups in total. The number of aromatic amines is 1. The van der Waals surface area contributed by atoms with Crippen molar-refractivity contribution in [2.45, 2.75) is 52.1 Å². The Morgan fingerprint density at radius 2 is 2.07 bits per heavy atom. The summed E-state index contributed by atoms with van der Waals surface area (Å²) >= 11 is 1.23. The molecular weight excluding hydrogens is 208 g/mol. The van der Waals surface area contributed by atoms with Crippen LogP contribution in [0.2, 0.25) is 0 Å². The Morgan fingerprint density at radius 1 is 1.40 bits per heavy atom. The van der Waals surface area contributed by atoms with Gasteiger partial charge in [0.15, 0.2) is 0 Å². The minimum absolute atomic E-state index is 0.0364. The maximum atomic E-state index is 10.9. The van der Waals surface area contributed by atoms with E-state index < -0.39 is 0 Å². The highest BCUT2D eigenvalue weighted by atomic mass is 32.1. The molecule has 0 aliphatic heterocycles. The van der Waals surface area contributed by atoms with E-state index in [1.165, 1.54) is 37.0 Å². The highest BCUT2D eigenvalue weighted by molar-refractivity contribution is 7.07. The molecule has 0 saturated heterocycles. The third-order valence-corrected chi connectivity index (χ3v) is 3.14. The van der Waals surface area contributed by atoms with Crippen molar-refractivity contribution in [2.75, 3.05) is 0 Å². The van der Waals surface area contributed by atoms with Crippen molar-refractivity contribution < 1.29 is 0 Å². The van der Waals surface area contributed by atoms with Gasteiger partial charge in [0.05, 0.1) is 0 Å². The van der Waals surface area contributed by atoms with Gasteiger partial charge in [0.1, 0.15) is 0 Å². The minimum Gasteiger partial charge on any atom is -0.315 e. The second-order valence-corrected chi connectivity index (χ2v) is 4.67. The maximum Gasteiger partial charge on any atom is 0.304 e. The lowest BCUT2D eigenvalue weighted by atomic mass is 10.1. The largest absolute Gasteiger partial charge is 0.315 e. The van der Waals surface area contributed by atoms with Gasteiger partial charge in [-0.15, -0.1) is 0 Å². The summed E-state index contributed by atoms with van der Waals surface area (Å²) in [6.07, 6.45) is 4.83. The molecule has 0 saturated carbocycles. The van der Waals surface area contributed by atoms with Gasteiger partial charge in [-0.05, 0) is 12.8 Å². The molecule has 15 heavy (non-hydrogen) atoms. The van der Waals surface area contributed by atoms with Gasteiger partial charge in [0.25, 0.3) is 0 Å². The van der Waals surface area contributed by atoms with Crippen LogP contribution < -0.4 is 10.2 Å². The molecule has 86 valence electrons. The maximum absolute atomic E-state index is 10.9. The molecule has 0 amide bonds. The zero-order valence-electron chi connectivity index (χ0n) is 9.51. The lowest BCUT2D eigenvalue weighted by molar-refractivity contribution is 0.441. The van der Waals surface area contributed by atoms with Crippen LogP contribution in [0.25, 0.3) is 0 Å². The first-order valence-electron chi connectivity index (χ1n) is 5.66. The molecule has 3 nitrogen and oxygen atoms in total. The summed E-state index contributed by atoms with van der Waals surface area (Å²) in [6.45, 7) is 5.19. The Kier molecular flexibility index (Phi) is 5.65. The number of thiazole rings is 1. The number of aromatic nitrogens is 1. The van der Waals surface area contributed by atoms with E-state index in [9.17, 15) is 4.79 Å². The Balaban J connectivity index is 2.35. The first-order chi connectivity index (χ1) is 7.26. The smallest absolute Gasteiger partial charge is 0.304 e.